The first kappa shape index (κ1) is 16.3. The molecule has 0 saturated carbocycles. The molecule has 1 aromatic rings. The van der Waals surface area contributed by atoms with Gasteiger partial charge in [0.15, 0.2) is 0 Å². The van der Waals surface area contributed by atoms with Gasteiger partial charge in [-0.1, -0.05) is 12.1 Å². The fourth-order valence-electron chi connectivity index (χ4n) is 2.39. The van der Waals surface area contributed by atoms with Gasteiger partial charge in [-0.3, -0.25) is 9.59 Å². The van der Waals surface area contributed by atoms with Gasteiger partial charge in [-0.25, -0.2) is 0 Å². The highest BCUT2D eigenvalue weighted by atomic mass is 19.4. The second-order valence-electron chi connectivity index (χ2n) is 5.31. The van der Waals surface area contributed by atoms with Gasteiger partial charge >= 0.3 is 6.18 Å². The number of likely N-dealkylation sites (tertiary alicyclic amines) is 1. The van der Waals surface area contributed by atoms with E-state index in [1.807, 2.05) is 0 Å². The monoisotopic (exact) mass is 314 g/mol. The van der Waals surface area contributed by atoms with Crippen molar-refractivity contribution in [3.05, 3.63) is 29.8 Å². The van der Waals surface area contributed by atoms with Crippen LogP contribution in [0.3, 0.4) is 0 Å². The average molecular weight is 314 g/mol. The van der Waals surface area contributed by atoms with E-state index in [1.54, 1.807) is 0 Å². The SMILES string of the molecule is O=C(CN1CCCCC1=O)Nc1cccc(CC(F)(F)F)c1. The molecule has 1 heterocycles. The van der Waals surface area contributed by atoms with Crippen LogP contribution in [0.15, 0.2) is 24.3 Å². The van der Waals surface area contributed by atoms with Crippen molar-refractivity contribution in [1.82, 2.24) is 4.90 Å². The number of amides is 2. The van der Waals surface area contributed by atoms with E-state index in [9.17, 15) is 22.8 Å². The minimum atomic E-state index is -4.29. The molecule has 1 fully saturated rings. The minimum absolute atomic E-state index is 0.0628. The Balaban J connectivity index is 1.93. The van der Waals surface area contributed by atoms with E-state index >= 15 is 0 Å². The van der Waals surface area contributed by atoms with Gasteiger partial charge in [0.05, 0.1) is 13.0 Å². The molecule has 0 aromatic heterocycles. The zero-order valence-corrected chi connectivity index (χ0v) is 11.9. The number of hydrogen-bond acceptors (Lipinski definition) is 2. The number of alkyl halides is 3. The summed E-state index contributed by atoms with van der Waals surface area (Å²) in [6.07, 6.45) is -3.20. The van der Waals surface area contributed by atoms with Crippen LogP contribution in [0.2, 0.25) is 0 Å². The molecule has 1 N–H and O–H groups in total. The molecule has 1 saturated heterocycles. The molecular formula is C15H17F3N2O2. The van der Waals surface area contributed by atoms with E-state index in [4.69, 9.17) is 0 Å². The molecule has 4 nitrogen and oxygen atoms in total. The zero-order valence-electron chi connectivity index (χ0n) is 11.9. The van der Waals surface area contributed by atoms with Crippen molar-refractivity contribution in [1.29, 1.82) is 0 Å². The second kappa shape index (κ2) is 6.81. The predicted octanol–water partition coefficient (Wildman–Crippen LogP) is 2.74. The zero-order chi connectivity index (χ0) is 16.2. The van der Waals surface area contributed by atoms with Crippen LogP contribution in [-0.4, -0.2) is 36.0 Å². The Morgan fingerprint density at radius 3 is 2.73 bits per heavy atom. The summed E-state index contributed by atoms with van der Waals surface area (Å²) < 4.78 is 37.1. The van der Waals surface area contributed by atoms with Gasteiger partial charge in [-0.2, -0.15) is 13.2 Å². The lowest BCUT2D eigenvalue weighted by Crippen LogP contribution is -2.40. The second-order valence-corrected chi connectivity index (χ2v) is 5.31. The van der Waals surface area contributed by atoms with Crippen LogP contribution in [-0.2, 0) is 16.0 Å². The summed E-state index contributed by atoms with van der Waals surface area (Å²) in [6.45, 7) is 0.475. The highest BCUT2D eigenvalue weighted by Crippen LogP contribution is 2.23. The molecule has 1 aromatic carbocycles. The van der Waals surface area contributed by atoms with Gasteiger partial charge in [0, 0.05) is 18.7 Å². The van der Waals surface area contributed by atoms with Gasteiger partial charge < -0.3 is 10.2 Å². The molecule has 0 atom stereocenters. The molecule has 0 bridgehead atoms. The first-order valence-corrected chi connectivity index (χ1v) is 7.07. The third kappa shape index (κ3) is 5.05. The van der Waals surface area contributed by atoms with Crippen LogP contribution in [0.5, 0.6) is 0 Å². The lowest BCUT2D eigenvalue weighted by atomic mass is 10.1. The van der Waals surface area contributed by atoms with Crippen molar-refractivity contribution in [2.24, 2.45) is 0 Å². The quantitative estimate of drug-likeness (QED) is 0.929. The van der Waals surface area contributed by atoms with E-state index in [0.29, 0.717) is 18.7 Å². The van der Waals surface area contributed by atoms with Crippen molar-refractivity contribution in [2.45, 2.75) is 31.9 Å². The number of nitrogens with zero attached hydrogens (tertiary/aromatic N) is 1. The van der Waals surface area contributed by atoms with Crippen LogP contribution in [0.25, 0.3) is 0 Å². The summed E-state index contributed by atoms with van der Waals surface area (Å²) in [6, 6.07) is 5.64. The molecule has 0 aliphatic carbocycles. The number of benzene rings is 1. The largest absolute Gasteiger partial charge is 0.393 e. The van der Waals surface area contributed by atoms with Gasteiger partial charge in [0.25, 0.3) is 0 Å². The molecule has 0 unspecified atom stereocenters. The Hall–Kier alpha value is -2.05. The Morgan fingerprint density at radius 1 is 1.27 bits per heavy atom. The van der Waals surface area contributed by atoms with E-state index in [-0.39, 0.29) is 18.0 Å². The van der Waals surface area contributed by atoms with Crippen molar-refractivity contribution in [3.63, 3.8) is 0 Å². The first-order chi connectivity index (χ1) is 10.3. The lowest BCUT2D eigenvalue weighted by Gasteiger charge is -2.26. The van der Waals surface area contributed by atoms with Gasteiger partial charge in [-0.15, -0.1) is 0 Å². The molecule has 0 spiro atoms. The van der Waals surface area contributed by atoms with Crippen LogP contribution in [0.1, 0.15) is 24.8 Å². The van der Waals surface area contributed by atoms with Crippen LogP contribution in [0.4, 0.5) is 18.9 Å². The fraction of sp³-hybridized carbons (Fsp3) is 0.467. The van der Waals surface area contributed by atoms with E-state index in [1.165, 1.54) is 29.2 Å². The Morgan fingerprint density at radius 2 is 2.05 bits per heavy atom. The van der Waals surface area contributed by atoms with E-state index in [0.717, 1.165) is 12.8 Å². The number of carbonyl (C=O) groups excluding carboxylic acids is 2. The number of piperidine rings is 1. The van der Waals surface area contributed by atoms with Gasteiger partial charge in [-0.05, 0) is 30.5 Å². The Bertz CT molecular complexity index is 558. The molecule has 1 aliphatic rings. The highest BCUT2D eigenvalue weighted by molar-refractivity contribution is 5.94. The van der Waals surface area contributed by atoms with Crippen molar-refractivity contribution < 1.29 is 22.8 Å². The topological polar surface area (TPSA) is 49.4 Å². The van der Waals surface area contributed by atoms with Crippen LogP contribution in [0, 0.1) is 0 Å². The van der Waals surface area contributed by atoms with Crippen molar-refractivity contribution in [3.8, 4) is 0 Å². The van der Waals surface area contributed by atoms with Crippen LogP contribution >= 0.6 is 0 Å². The molecule has 1 aliphatic heterocycles. The fourth-order valence-corrected chi connectivity index (χ4v) is 2.39. The number of anilines is 1. The van der Waals surface area contributed by atoms with E-state index in [2.05, 4.69) is 5.32 Å². The molecular weight excluding hydrogens is 297 g/mol. The number of carbonyl (C=O) groups is 2. The normalized spacial score (nSPS) is 15.8. The third-order valence-electron chi connectivity index (χ3n) is 3.37. The Labute approximate surface area is 126 Å². The molecule has 22 heavy (non-hydrogen) atoms. The molecule has 0 radical (unpaired) electrons. The van der Waals surface area contributed by atoms with Crippen molar-refractivity contribution >= 4 is 17.5 Å². The number of halogens is 3. The number of rotatable bonds is 4. The lowest BCUT2D eigenvalue weighted by molar-refractivity contribution is -0.136. The number of hydrogen-bond donors (Lipinski definition) is 1. The maximum absolute atomic E-state index is 12.4. The molecule has 2 rings (SSSR count). The molecule has 2 amide bonds. The number of nitrogens with one attached hydrogen (secondary N) is 1. The standard InChI is InChI=1S/C15H17F3N2O2/c16-15(17,18)9-11-4-3-5-12(8-11)19-13(21)10-20-7-2-1-6-14(20)22/h3-5,8H,1-2,6-7,9-10H2,(H,19,21). The van der Waals surface area contributed by atoms with Gasteiger partial charge in [0.2, 0.25) is 11.8 Å². The van der Waals surface area contributed by atoms with E-state index < -0.39 is 18.5 Å². The Kier molecular flexibility index (Phi) is 5.05. The summed E-state index contributed by atoms with van der Waals surface area (Å²) >= 11 is 0. The maximum atomic E-state index is 12.4. The summed E-state index contributed by atoms with van der Waals surface area (Å²) in [5.41, 5.74) is 0.385. The average Bonchev–Trinajstić information content (AvgIpc) is 2.40. The summed E-state index contributed by atoms with van der Waals surface area (Å²) in [4.78, 5) is 25.0. The van der Waals surface area contributed by atoms with Crippen molar-refractivity contribution in [2.75, 3.05) is 18.4 Å². The molecule has 120 valence electrons. The third-order valence-corrected chi connectivity index (χ3v) is 3.37. The summed E-state index contributed by atoms with van der Waals surface area (Å²) in [5.74, 6) is -0.466. The molecule has 7 heteroatoms. The maximum Gasteiger partial charge on any atom is 0.393 e. The van der Waals surface area contributed by atoms with Crippen LogP contribution < -0.4 is 5.32 Å². The first-order valence-electron chi connectivity index (χ1n) is 7.07. The summed E-state index contributed by atoms with van der Waals surface area (Å²) in [5, 5.41) is 2.54. The summed E-state index contributed by atoms with van der Waals surface area (Å²) in [7, 11) is 0. The predicted molar refractivity (Wildman–Crippen MR) is 75.3 cm³/mol. The smallest absolute Gasteiger partial charge is 0.333 e. The minimum Gasteiger partial charge on any atom is -0.333 e. The highest BCUT2D eigenvalue weighted by Gasteiger charge is 2.27. The van der Waals surface area contributed by atoms with Gasteiger partial charge in [0.1, 0.15) is 0 Å².